The van der Waals surface area contributed by atoms with E-state index in [2.05, 4.69) is 52.7 Å². The van der Waals surface area contributed by atoms with Crippen molar-refractivity contribution in [3.8, 4) is 11.5 Å². The molecule has 10 rings (SSSR count). The second-order valence-electron chi connectivity index (χ2n) is 14.9. The maximum Gasteiger partial charge on any atom is 0.239 e. The lowest BCUT2D eigenvalue weighted by molar-refractivity contribution is -0.282. The summed E-state index contributed by atoms with van der Waals surface area (Å²) in [5, 5.41) is 3.85. The van der Waals surface area contributed by atoms with E-state index >= 15 is 0 Å². The Morgan fingerprint density at radius 3 is 2.41 bits per heavy atom. The number of primary amides is 1. The summed E-state index contributed by atoms with van der Waals surface area (Å²) >= 11 is 0. The zero-order valence-corrected chi connectivity index (χ0v) is 26.9. The molecular weight excluding hydrogens is 574 g/mol. The number of hydrogen-bond donors (Lipinski definition) is 2. The van der Waals surface area contributed by atoms with Crippen LogP contribution in [0, 0.1) is 17.3 Å². The number of likely N-dealkylation sites (tertiary alicyclic amines) is 1. The van der Waals surface area contributed by atoms with Crippen LogP contribution in [-0.2, 0) is 21.4 Å². The fourth-order valence-corrected chi connectivity index (χ4v) is 11.3. The van der Waals surface area contributed by atoms with E-state index in [1.54, 1.807) is 7.11 Å². The number of ether oxygens (including phenoxy) is 3. The molecule has 3 N–H and O–H groups in total. The number of hydrogen-bond acceptors (Lipinski definition) is 6. The highest BCUT2D eigenvalue weighted by atomic mass is 16.6. The number of piperidine rings is 1. The van der Waals surface area contributed by atoms with E-state index in [9.17, 15) is 4.79 Å². The van der Waals surface area contributed by atoms with Gasteiger partial charge in [-0.15, -0.1) is 0 Å². The highest BCUT2D eigenvalue weighted by molar-refractivity contribution is 5.81. The zero-order valence-electron chi connectivity index (χ0n) is 26.9. The van der Waals surface area contributed by atoms with Crippen molar-refractivity contribution in [3.63, 3.8) is 0 Å². The topological polar surface area (TPSA) is 86.0 Å². The van der Waals surface area contributed by atoms with Gasteiger partial charge in [0.05, 0.1) is 7.11 Å². The lowest BCUT2D eigenvalue weighted by Crippen LogP contribution is -2.81. The summed E-state index contributed by atoms with van der Waals surface area (Å²) in [5.74, 6) is 2.27. The summed E-state index contributed by atoms with van der Waals surface area (Å²) in [6, 6.07) is 24.6. The minimum absolute atomic E-state index is 0.0179. The number of benzene rings is 3. The van der Waals surface area contributed by atoms with Gasteiger partial charge >= 0.3 is 0 Å². The molecule has 7 nitrogen and oxygen atoms in total. The van der Waals surface area contributed by atoms with Crippen LogP contribution in [0.3, 0.4) is 0 Å². The van der Waals surface area contributed by atoms with Gasteiger partial charge in [-0.25, -0.2) is 0 Å². The summed E-state index contributed by atoms with van der Waals surface area (Å²) in [5.41, 5.74) is 10.3. The molecule has 5 fully saturated rings. The lowest BCUT2D eigenvalue weighted by atomic mass is 9.34. The highest BCUT2D eigenvalue weighted by Crippen LogP contribution is 2.77. The first-order valence-electron chi connectivity index (χ1n) is 17.3. The molecule has 5 unspecified atom stereocenters. The minimum Gasteiger partial charge on any atom is -0.493 e. The first kappa shape index (κ1) is 28.8. The summed E-state index contributed by atoms with van der Waals surface area (Å²) in [7, 11) is 3.65. The second kappa shape index (κ2) is 10.3. The third kappa shape index (κ3) is 3.73. The van der Waals surface area contributed by atoms with Crippen molar-refractivity contribution in [1.82, 2.24) is 10.2 Å². The first-order chi connectivity index (χ1) is 22.5. The highest BCUT2D eigenvalue weighted by Gasteiger charge is 2.81. The minimum atomic E-state index is -0.641. The van der Waals surface area contributed by atoms with Crippen LogP contribution in [0.2, 0.25) is 0 Å². The largest absolute Gasteiger partial charge is 0.493 e. The molecule has 240 valence electrons. The molecule has 2 heterocycles. The summed E-state index contributed by atoms with van der Waals surface area (Å²) in [4.78, 5) is 16.1. The van der Waals surface area contributed by atoms with Crippen molar-refractivity contribution in [2.24, 2.45) is 23.0 Å². The van der Waals surface area contributed by atoms with Gasteiger partial charge in [0.1, 0.15) is 17.7 Å². The van der Waals surface area contributed by atoms with Crippen molar-refractivity contribution in [2.75, 3.05) is 27.3 Å². The number of amides is 1. The van der Waals surface area contributed by atoms with E-state index in [-0.39, 0.29) is 34.8 Å². The van der Waals surface area contributed by atoms with Crippen molar-refractivity contribution in [1.29, 1.82) is 0 Å². The summed E-state index contributed by atoms with van der Waals surface area (Å²) in [6.07, 6.45) is 7.70. The predicted octanol–water partition coefficient (Wildman–Crippen LogP) is 5.48. The zero-order chi connectivity index (χ0) is 31.3. The number of rotatable bonds is 10. The van der Waals surface area contributed by atoms with Crippen LogP contribution in [0.25, 0.3) is 0 Å². The van der Waals surface area contributed by atoms with Crippen LogP contribution in [0.4, 0.5) is 0 Å². The lowest BCUT2D eigenvalue weighted by Gasteiger charge is -2.74. The molecule has 4 saturated carbocycles. The van der Waals surface area contributed by atoms with Gasteiger partial charge in [-0.2, -0.15) is 0 Å². The van der Waals surface area contributed by atoms with Crippen molar-refractivity contribution >= 4 is 5.91 Å². The molecule has 4 bridgehead atoms. The number of nitrogens with two attached hydrogens (primary N) is 1. The quantitative estimate of drug-likeness (QED) is 0.313. The third-order valence-corrected chi connectivity index (χ3v) is 13.2. The molecule has 46 heavy (non-hydrogen) atoms. The smallest absolute Gasteiger partial charge is 0.239 e. The molecule has 1 amide bonds. The number of carbonyl (C=O) groups is 1. The molecule has 2 spiro atoms. The Morgan fingerprint density at radius 1 is 1.00 bits per heavy atom. The summed E-state index contributed by atoms with van der Waals surface area (Å²) in [6.45, 7) is 2.30. The van der Waals surface area contributed by atoms with E-state index in [4.69, 9.17) is 19.9 Å². The average molecular weight is 620 g/mol. The van der Waals surface area contributed by atoms with Gasteiger partial charge in [-0.3, -0.25) is 15.0 Å². The van der Waals surface area contributed by atoms with Crippen LogP contribution in [0.1, 0.15) is 72.9 Å². The Kier molecular flexibility index (Phi) is 6.45. The van der Waals surface area contributed by atoms with E-state index in [0.29, 0.717) is 6.04 Å². The van der Waals surface area contributed by atoms with E-state index in [0.717, 1.165) is 67.2 Å². The monoisotopic (exact) mass is 619 g/mol. The molecule has 0 radical (unpaired) electrons. The van der Waals surface area contributed by atoms with Gasteiger partial charge in [0.15, 0.2) is 11.5 Å². The van der Waals surface area contributed by atoms with Crippen LogP contribution in [0.5, 0.6) is 11.5 Å². The first-order valence-corrected chi connectivity index (χ1v) is 17.3. The van der Waals surface area contributed by atoms with Crippen molar-refractivity contribution in [2.45, 2.75) is 80.2 Å². The van der Waals surface area contributed by atoms with Gasteiger partial charge in [0.25, 0.3) is 0 Å². The molecule has 1 saturated heterocycles. The third-order valence-electron chi connectivity index (χ3n) is 13.2. The molecule has 8 atom stereocenters. The molecule has 7 heteroatoms. The van der Waals surface area contributed by atoms with Crippen molar-refractivity contribution < 1.29 is 19.0 Å². The fourth-order valence-electron chi connectivity index (χ4n) is 11.3. The van der Waals surface area contributed by atoms with Crippen LogP contribution < -0.4 is 20.5 Å². The van der Waals surface area contributed by atoms with Crippen LogP contribution >= 0.6 is 0 Å². The number of nitrogens with one attached hydrogen (secondary N) is 1. The maximum atomic E-state index is 13.2. The van der Waals surface area contributed by atoms with E-state index < -0.39 is 11.6 Å². The number of nitrogens with zero attached hydrogens (tertiary/aromatic N) is 1. The van der Waals surface area contributed by atoms with E-state index in [1.807, 2.05) is 37.4 Å². The Labute approximate surface area is 271 Å². The van der Waals surface area contributed by atoms with Crippen LogP contribution in [0.15, 0.2) is 72.8 Å². The van der Waals surface area contributed by atoms with Crippen LogP contribution in [-0.4, -0.2) is 55.9 Å². The van der Waals surface area contributed by atoms with Gasteiger partial charge in [0.2, 0.25) is 5.91 Å². The predicted molar refractivity (Wildman–Crippen MR) is 176 cm³/mol. The molecule has 2 aliphatic heterocycles. The Bertz CT molecular complexity index is 1660. The Morgan fingerprint density at radius 2 is 1.74 bits per heavy atom. The van der Waals surface area contributed by atoms with Gasteiger partial charge in [0, 0.05) is 48.0 Å². The normalized spacial score (nSPS) is 34.8. The van der Waals surface area contributed by atoms with E-state index in [1.165, 1.54) is 30.5 Å². The fraction of sp³-hybridized carbons (Fsp3) is 0.513. The van der Waals surface area contributed by atoms with Gasteiger partial charge in [-0.1, -0.05) is 66.7 Å². The van der Waals surface area contributed by atoms with Gasteiger partial charge in [-0.05, 0) is 80.2 Å². The molecule has 7 aliphatic rings. The number of fused-ring (bicyclic) bond motifs is 2. The number of methoxy groups -OCH3 is 2. The standard InChI is InChI=1S/C39H45N3O4/c1-44-29-16-15-27-21-30-37-17-18-39(45-2,36-38(37,31(27)34(29)46-36)19-20-42(30)23-24-13-14-24)28(22-37)32(25-9-5-3-6-10-25)41-33(35(40)43)26-11-7-4-8-12-26/h3-12,15-16,24,28,30,32-33,36,41H,13-14,17-23H2,1-2H3,(H2,40,43)/t28-,30-,32?,33+,36?,37?,38?,39?/m1/s1. The molecule has 5 aliphatic carbocycles. The number of carbonyl (C=O) groups excluding carboxylic acids is 1. The molecule has 0 aromatic heterocycles. The van der Waals surface area contributed by atoms with Gasteiger partial charge < -0.3 is 19.9 Å². The Balaban J connectivity index is 1.23. The molecular formula is C39H45N3O4. The molecule has 3 aromatic rings. The molecule has 3 aromatic carbocycles. The van der Waals surface area contributed by atoms with Crippen molar-refractivity contribution in [3.05, 3.63) is 95.1 Å². The Hall–Kier alpha value is -3.39. The SMILES string of the molecule is COc1ccc2c3c1OC1C4(OC)CCC5(C[C@@H]4C(N[C@H](C(N)=O)c4ccccc4)c4ccccc4)[C@@H](C2)N(CC2CC2)CCC315. The maximum absolute atomic E-state index is 13.2. The second-order valence-corrected chi connectivity index (χ2v) is 14.9. The summed E-state index contributed by atoms with van der Waals surface area (Å²) < 4.78 is 20.2. The average Bonchev–Trinajstić information content (AvgIpc) is 3.83.